The van der Waals surface area contributed by atoms with Crippen LogP contribution in [0.15, 0.2) is 53.4 Å². The van der Waals surface area contributed by atoms with Gasteiger partial charge in [-0.25, -0.2) is 8.42 Å². The van der Waals surface area contributed by atoms with E-state index >= 15 is 0 Å². The van der Waals surface area contributed by atoms with Gasteiger partial charge in [-0.1, -0.05) is 24.3 Å². The van der Waals surface area contributed by atoms with Crippen molar-refractivity contribution in [3.8, 4) is 5.75 Å². The molecule has 1 aliphatic rings. The number of hydrogen-bond acceptors (Lipinski definition) is 6. The minimum atomic E-state index is -4.83. The average molecular weight is 515 g/mol. The minimum Gasteiger partial charge on any atom is -0.495 e. The zero-order chi connectivity index (χ0) is 25.8. The Bertz CT molecular complexity index is 1180. The van der Waals surface area contributed by atoms with Crippen molar-refractivity contribution in [2.24, 2.45) is 5.92 Å². The molecule has 2 aromatic rings. The Morgan fingerprint density at radius 3 is 2.29 bits per heavy atom. The Kier molecular flexibility index (Phi) is 8.06. The Morgan fingerprint density at radius 2 is 1.66 bits per heavy atom. The molecule has 0 saturated carbocycles. The van der Waals surface area contributed by atoms with Crippen LogP contribution in [0.25, 0.3) is 0 Å². The number of esters is 1. The van der Waals surface area contributed by atoms with Gasteiger partial charge in [0.2, 0.25) is 10.0 Å². The van der Waals surface area contributed by atoms with Crippen LogP contribution in [0.2, 0.25) is 0 Å². The molecule has 1 fully saturated rings. The maximum absolute atomic E-state index is 13.3. The second-order valence-corrected chi connectivity index (χ2v) is 9.85. The molecule has 0 aliphatic carbocycles. The van der Waals surface area contributed by atoms with Gasteiger partial charge >= 0.3 is 12.1 Å². The lowest BCUT2D eigenvalue weighted by molar-refractivity contribution is -0.158. The summed E-state index contributed by atoms with van der Waals surface area (Å²) < 4.78 is 77.0. The fraction of sp³-hybridized carbons (Fsp3) is 0.391. The summed E-state index contributed by atoms with van der Waals surface area (Å²) in [5.41, 5.74) is -0.836. The van der Waals surface area contributed by atoms with Crippen LogP contribution in [0.1, 0.15) is 25.3 Å². The van der Waals surface area contributed by atoms with Crippen LogP contribution in [0.5, 0.6) is 5.75 Å². The van der Waals surface area contributed by atoms with Crippen LogP contribution in [0.3, 0.4) is 0 Å². The zero-order valence-corrected chi connectivity index (χ0v) is 19.9. The number of amides is 1. The van der Waals surface area contributed by atoms with Crippen molar-refractivity contribution in [2.75, 3.05) is 25.5 Å². The predicted octanol–water partition coefficient (Wildman–Crippen LogP) is 3.69. The monoisotopic (exact) mass is 514 g/mol. The van der Waals surface area contributed by atoms with Crippen molar-refractivity contribution in [3.63, 3.8) is 0 Å². The van der Waals surface area contributed by atoms with Gasteiger partial charge in [0.1, 0.15) is 5.75 Å². The van der Waals surface area contributed by atoms with Gasteiger partial charge in [-0.2, -0.15) is 17.5 Å². The number of anilines is 1. The summed E-state index contributed by atoms with van der Waals surface area (Å²) in [6.07, 6.45) is -5.86. The van der Waals surface area contributed by atoms with Crippen LogP contribution in [0.4, 0.5) is 18.9 Å². The lowest BCUT2D eigenvalue weighted by Crippen LogP contribution is -2.42. The number of alkyl halides is 3. The van der Waals surface area contributed by atoms with E-state index in [1.54, 1.807) is 24.3 Å². The number of para-hydroxylation sites is 2. The highest BCUT2D eigenvalue weighted by Gasteiger charge is 2.40. The summed E-state index contributed by atoms with van der Waals surface area (Å²) in [4.78, 5) is 24.2. The lowest BCUT2D eigenvalue weighted by Gasteiger charge is -2.31. The van der Waals surface area contributed by atoms with Gasteiger partial charge in [0, 0.05) is 13.1 Å². The topological polar surface area (TPSA) is 102 Å². The number of piperidine rings is 1. The van der Waals surface area contributed by atoms with E-state index in [4.69, 9.17) is 9.47 Å². The fourth-order valence-corrected chi connectivity index (χ4v) is 5.38. The van der Waals surface area contributed by atoms with E-state index in [1.165, 1.54) is 20.1 Å². The van der Waals surface area contributed by atoms with Gasteiger partial charge in [0.15, 0.2) is 6.10 Å². The van der Waals surface area contributed by atoms with Crippen molar-refractivity contribution in [1.29, 1.82) is 0 Å². The van der Waals surface area contributed by atoms with E-state index < -0.39 is 50.6 Å². The molecule has 0 spiro atoms. The number of benzene rings is 2. The number of hydrogen-bond donors (Lipinski definition) is 1. The number of rotatable bonds is 7. The molecule has 2 aromatic carbocycles. The lowest BCUT2D eigenvalue weighted by atomic mass is 9.98. The normalized spacial score (nSPS) is 16.4. The Morgan fingerprint density at radius 1 is 1.06 bits per heavy atom. The maximum atomic E-state index is 13.3. The van der Waals surface area contributed by atoms with Gasteiger partial charge in [-0.3, -0.25) is 9.59 Å². The molecule has 0 radical (unpaired) electrons. The van der Waals surface area contributed by atoms with E-state index in [1.807, 2.05) is 0 Å². The van der Waals surface area contributed by atoms with E-state index in [2.05, 4.69) is 5.32 Å². The third-order valence-corrected chi connectivity index (χ3v) is 7.58. The average Bonchev–Trinajstić information content (AvgIpc) is 2.83. The first-order valence-corrected chi connectivity index (χ1v) is 12.2. The molecule has 1 heterocycles. The molecule has 1 saturated heterocycles. The number of nitrogens with zero attached hydrogens (tertiary/aromatic N) is 1. The second-order valence-electron chi connectivity index (χ2n) is 7.94. The summed E-state index contributed by atoms with van der Waals surface area (Å²) in [7, 11) is -2.97. The molecule has 3 rings (SSSR count). The molecule has 1 aliphatic heterocycles. The van der Waals surface area contributed by atoms with Gasteiger partial charge < -0.3 is 14.8 Å². The van der Waals surface area contributed by atoms with Crippen molar-refractivity contribution >= 4 is 27.6 Å². The number of methoxy groups -OCH3 is 1. The first-order valence-electron chi connectivity index (χ1n) is 10.8. The van der Waals surface area contributed by atoms with E-state index in [0.29, 0.717) is 17.5 Å². The third kappa shape index (κ3) is 6.12. The zero-order valence-electron chi connectivity index (χ0n) is 19.0. The molecular formula is C23H25F3N2O6S. The van der Waals surface area contributed by atoms with Gasteiger partial charge in [-0.15, -0.1) is 0 Å². The molecule has 0 unspecified atom stereocenters. The quantitative estimate of drug-likeness (QED) is 0.566. The number of halogens is 3. The fourth-order valence-electron chi connectivity index (χ4n) is 3.70. The summed E-state index contributed by atoms with van der Waals surface area (Å²) in [5.74, 6) is -1.52. The first-order chi connectivity index (χ1) is 16.4. The summed E-state index contributed by atoms with van der Waals surface area (Å²) >= 11 is 0. The maximum Gasteiger partial charge on any atom is 0.417 e. The van der Waals surface area contributed by atoms with Gasteiger partial charge in [-0.05, 0) is 44.0 Å². The van der Waals surface area contributed by atoms with Crippen molar-refractivity contribution < 1.29 is 40.7 Å². The molecule has 35 heavy (non-hydrogen) atoms. The highest BCUT2D eigenvalue weighted by molar-refractivity contribution is 7.89. The standard InChI is InChI=1S/C23H25F3N2O6S/c1-15(21(29)27-18-8-4-5-9-19(18)33-2)34-22(30)16-11-13-28(14-12-16)35(31,32)20-10-6-3-7-17(20)23(24,25)26/h3-10,15-16H,11-14H2,1-2H3,(H,27,29)/t15-/m0/s1. The van der Waals surface area contributed by atoms with Crippen LogP contribution in [-0.2, 0) is 30.5 Å². The van der Waals surface area contributed by atoms with Crippen LogP contribution in [-0.4, -0.2) is 50.9 Å². The minimum absolute atomic E-state index is 0.0487. The largest absolute Gasteiger partial charge is 0.495 e. The van der Waals surface area contributed by atoms with Crippen LogP contribution in [0, 0.1) is 5.92 Å². The molecule has 0 aromatic heterocycles. The first kappa shape index (κ1) is 26.5. The van der Waals surface area contributed by atoms with E-state index in [-0.39, 0.29) is 25.9 Å². The van der Waals surface area contributed by atoms with E-state index in [0.717, 1.165) is 16.4 Å². The second kappa shape index (κ2) is 10.6. The Labute approximate surface area is 201 Å². The summed E-state index contributed by atoms with van der Waals surface area (Å²) in [5, 5.41) is 2.61. The highest BCUT2D eigenvalue weighted by atomic mass is 32.2. The molecule has 8 nitrogen and oxygen atoms in total. The number of carbonyl (C=O) groups excluding carboxylic acids is 2. The molecular weight excluding hydrogens is 489 g/mol. The highest BCUT2D eigenvalue weighted by Crippen LogP contribution is 2.36. The SMILES string of the molecule is COc1ccccc1NC(=O)[C@H](C)OC(=O)C1CCN(S(=O)(=O)c2ccccc2C(F)(F)F)CC1. The van der Waals surface area contributed by atoms with Crippen molar-refractivity contribution in [1.82, 2.24) is 4.31 Å². The van der Waals surface area contributed by atoms with Crippen LogP contribution >= 0.6 is 0 Å². The predicted molar refractivity (Wildman–Crippen MR) is 120 cm³/mol. The van der Waals surface area contributed by atoms with Gasteiger partial charge in [0.25, 0.3) is 5.91 Å². The number of nitrogens with one attached hydrogen (secondary N) is 1. The molecule has 12 heteroatoms. The third-order valence-electron chi connectivity index (χ3n) is 5.62. The number of sulfonamides is 1. The smallest absolute Gasteiger partial charge is 0.417 e. The Hall–Kier alpha value is -3.12. The molecule has 1 N–H and O–H groups in total. The van der Waals surface area contributed by atoms with Crippen molar-refractivity contribution in [3.05, 3.63) is 54.1 Å². The summed E-state index contributed by atoms with van der Waals surface area (Å²) in [6, 6.07) is 10.7. The van der Waals surface area contributed by atoms with Crippen LogP contribution < -0.4 is 10.1 Å². The number of carbonyl (C=O) groups is 2. The van der Waals surface area contributed by atoms with E-state index in [9.17, 15) is 31.2 Å². The van der Waals surface area contributed by atoms with Gasteiger partial charge in [0.05, 0.1) is 29.2 Å². The molecule has 190 valence electrons. The molecule has 0 bridgehead atoms. The Balaban J connectivity index is 1.60. The number of ether oxygens (including phenoxy) is 2. The van der Waals surface area contributed by atoms with Crippen molar-refractivity contribution in [2.45, 2.75) is 36.9 Å². The molecule has 1 amide bonds. The summed E-state index contributed by atoms with van der Waals surface area (Å²) in [6.45, 7) is 1.09. The molecule has 1 atom stereocenters.